The Morgan fingerprint density at radius 1 is 1.21 bits per heavy atom. The summed E-state index contributed by atoms with van der Waals surface area (Å²) in [5.74, 6) is -0.0379. The molecule has 0 atom stereocenters. The van der Waals surface area contributed by atoms with Crippen LogP contribution >= 0.6 is 11.3 Å². The summed E-state index contributed by atoms with van der Waals surface area (Å²) in [6.45, 7) is 0.256. The van der Waals surface area contributed by atoms with Gasteiger partial charge in [-0.15, -0.1) is 11.3 Å². The number of alkyl halides is 3. The molecule has 0 saturated heterocycles. The Balaban J connectivity index is 1.49. The standard InChI is InChI=1S/C18H18F3N3O3S2/c19-18(20,21)12-4-6-13(7-5-12)29(26,27)24-9-8-14-15(10-24)28-17(22-14)23-16(25)11-2-1-3-11/h4-7,11H,1-3,8-10H2,(H,22,23,25). The van der Waals surface area contributed by atoms with Crippen LogP contribution in [-0.2, 0) is 34.0 Å². The number of thiazole rings is 1. The van der Waals surface area contributed by atoms with Crippen molar-refractivity contribution in [1.29, 1.82) is 0 Å². The van der Waals surface area contributed by atoms with E-state index < -0.39 is 21.8 Å². The first-order chi connectivity index (χ1) is 13.6. The molecule has 156 valence electrons. The molecule has 1 aromatic carbocycles. The molecule has 0 bridgehead atoms. The van der Waals surface area contributed by atoms with E-state index in [1.807, 2.05) is 0 Å². The highest BCUT2D eigenvalue weighted by Gasteiger charge is 2.34. The van der Waals surface area contributed by atoms with Crippen molar-refractivity contribution in [1.82, 2.24) is 9.29 Å². The second-order valence-corrected chi connectivity index (χ2v) is 10.1. The molecule has 2 aromatic rings. The minimum atomic E-state index is -4.52. The second-order valence-electron chi connectivity index (χ2n) is 7.12. The minimum absolute atomic E-state index is 0.0208. The molecule has 0 radical (unpaired) electrons. The lowest BCUT2D eigenvalue weighted by molar-refractivity contribution is -0.137. The summed E-state index contributed by atoms with van der Waals surface area (Å²) in [5, 5.41) is 3.26. The topological polar surface area (TPSA) is 79.4 Å². The van der Waals surface area contributed by atoms with E-state index in [0.29, 0.717) is 11.6 Å². The summed E-state index contributed by atoms with van der Waals surface area (Å²) in [6.07, 6.45) is -1.36. The Kier molecular flexibility index (Phi) is 5.16. The van der Waals surface area contributed by atoms with Gasteiger partial charge in [0.2, 0.25) is 15.9 Å². The van der Waals surface area contributed by atoms with Crippen molar-refractivity contribution >= 4 is 32.4 Å². The molecule has 4 rings (SSSR count). The van der Waals surface area contributed by atoms with Crippen LogP contribution in [0.15, 0.2) is 29.2 Å². The molecule has 0 unspecified atom stereocenters. The number of aromatic nitrogens is 1. The molecule has 1 fully saturated rings. The second kappa shape index (κ2) is 7.37. The van der Waals surface area contributed by atoms with Crippen LogP contribution in [0.25, 0.3) is 0 Å². The first-order valence-corrected chi connectivity index (χ1v) is 11.4. The highest BCUT2D eigenvalue weighted by molar-refractivity contribution is 7.89. The molecule has 2 aliphatic rings. The number of anilines is 1. The maximum Gasteiger partial charge on any atom is 0.416 e. The number of benzene rings is 1. The van der Waals surface area contributed by atoms with Gasteiger partial charge in [0, 0.05) is 23.8 Å². The van der Waals surface area contributed by atoms with E-state index in [2.05, 4.69) is 10.3 Å². The molecular formula is C18H18F3N3O3S2. The van der Waals surface area contributed by atoms with Gasteiger partial charge in [0.15, 0.2) is 5.13 Å². The van der Waals surface area contributed by atoms with Crippen LogP contribution in [0, 0.1) is 5.92 Å². The molecule has 29 heavy (non-hydrogen) atoms. The molecule has 6 nitrogen and oxygen atoms in total. The van der Waals surface area contributed by atoms with Crippen LogP contribution in [0.4, 0.5) is 18.3 Å². The fraction of sp³-hybridized carbons (Fsp3) is 0.444. The number of nitrogens with zero attached hydrogens (tertiary/aromatic N) is 2. The van der Waals surface area contributed by atoms with Gasteiger partial charge in [0.25, 0.3) is 0 Å². The van der Waals surface area contributed by atoms with Crippen LogP contribution in [0.1, 0.15) is 35.4 Å². The minimum Gasteiger partial charge on any atom is -0.302 e. The number of sulfonamides is 1. The molecule has 11 heteroatoms. The highest BCUT2D eigenvalue weighted by Crippen LogP contribution is 2.34. The zero-order valence-electron chi connectivity index (χ0n) is 15.2. The number of amides is 1. The largest absolute Gasteiger partial charge is 0.416 e. The lowest BCUT2D eigenvalue weighted by atomic mass is 9.85. The lowest BCUT2D eigenvalue weighted by Crippen LogP contribution is -2.35. The summed E-state index contributed by atoms with van der Waals surface area (Å²) in [4.78, 5) is 17.0. The lowest BCUT2D eigenvalue weighted by Gasteiger charge is -2.25. The summed E-state index contributed by atoms with van der Waals surface area (Å²) >= 11 is 1.24. The van der Waals surface area contributed by atoms with Crippen LogP contribution in [0.2, 0.25) is 0 Å². The van der Waals surface area contributed by atoms with E-state index in [1.165, 1.54) is 15.6 Å². The summed E-state index contributed by atoms with van der Waals surface area (Å²) in [5.41, 5.74) is -0.149. The van der Waals surface area contributed by atoms with Gasteiger partial charge in [-0.2, -0.15) is 17.5 Å². The predicted molar refractivity (Wildman–Crippen MR) is 101 cm³/mol. The summed E-state index contributed by atoms with van der Waals surface area (Å²) in [7, 11) is -3.93. The van der Waals surface area contributed by atoms with Gasteiger partial charge in [0.05, 0.1) is 22.7 Å². The Bertz CT molecular complexity index is 1030. The first kappa shape index (κ1) is 20.3. The van der Waals surface area contributed by atoms with E-state index >= 15 is 0 Å². The third kappa shape index (κ3) is 4.03. The maximum atomic E-state index is 12.8. The van der Waals surface area contributed by atoms with E-state index in [4.69, 9.17) is 0 Å². The highest BCUT2D eigenvalue weighted by atomic mass is 32.2. The smallest absolute Gasteiger partial charge is 0.302 e. The molecule has 1 aliphatic heterocycles. The number of hydrogen-bond donors (Lipinski definition) is 1. The molecule has 1 saturated carbocycles. The van der Waals surface area contributed by atoms with Crippen molar-refractivity contribution in [3.63, 3.8) is 0 Å². The zero-order chi connectivity index (χ0) is 20.8. The summed E-state index contributed by atoms with van der Waals surface area (Å²) in [6, 6.07) is 3.49. The molecule has 1 aromatic heterocycles. The fourth-order valence-corrected chi connectivity index (χ4v) is 5.79. The molecule has 1 aliphatic carbocycles. The number of carbonyl (C=O) groups excluding carboxylic acids is 1. The average Bonchev–Trinajstić information content (AvgIpc) is 3.00. The van der Waals surface area contributed by atoms with Gasteiger partial charge < -0.3 is 5.32 Å². The van der Waals surface area contributed by atoms with E-state index in [9.17, 15) is 26.4 Å². The number of hydrogen-bond acceptors (Lipinski definition) is 5. The normalized spacial score (nSPS) is 18.2. The van der Waals surface area contributed by atoms with Crippen LogP contribution < -0.4 is 5.32 Å². The van der Waals surface area contributed by atoms with Gasteiger partial charge in [-0.3, -0.25) is 4.79 Å². The van der Waals surface area contributed by atoms with E-state index in [-0.39, 0.29) is 29.8 Å². The van der Waals surface area contributed by atoms with Crippen LogP contribution in [-0.4, -0.2) is 30.2 Å². The molecular weight excluding hydrogens is 427 g/mol. The number of fused-ring (bicyclic) bond motifs is 1. The van der Waals surface area contributed by atoms with Crippen molar-refractivity contribution in [2.45, 2.75) is 43.3 Å². The zero-order valence-corrected chi connectivity index (χ0v) is 16.8. The average molecular weight is 445 g/mol. The van der Waals surface area contributed by atoms with E-state index in [0.717, 1.165) is 54.1 Å². The molecule has 1 N–H and O–H groups in total. The maximum absolute atomic E-state index is 12.8. The van der Waals surface area contributed by atoms with Crippen molar-refractivity contribution in [3.8, 4) is 0 Å². The van der Waals surface area contributed by atoms with Crippen molar-refractivity contribution < 1.29 is 26.4 Å². The van der Waals surface area contributed by atoms with E-state index in [1.54, 1.807) is 0 Å². The van der Waals surface area contributed by atoms with Crippen molar-refractivity contribution in [2.75, 3.05) is 11.9 Å². The first-order valence-electron chi connectivity index (χ1n) is 9.11. The van der Waals surface area contributed by atoms with Crippen molar-refractivity contribution in [3.05, 3.63) is 40.4 Å². The Morgan fingerprint density at radius 2 is 1.90 bits per heavy atom. The van der Waals surface area contributed by atoms with Crippen molar-refractivity contribution in [2.24, 2.45) is 5.92 Å². The molecule has 2 heterocycles. The number of halogens is 3. The predicted octanol–water partition coefficient (Wildman–Crippen LogP) is 3.65. The van der Waals surface area contributed by atoms with Gasteiger partial charge in [0.1, 0.15) is 0 Å². The number of nitrogens with one attached hydrogen (secondary N) is 1. The monoisotopic (exact) mass is 445 g/mol. The Labute approximate surface area is 169 Å². The summed E-state index contributed by atoms with van der Waals surface area (Å²) < 4.78 is 65.0. The van der Waals surface area contributed by atoms with Gasteiger partial charge in [-0.1, -0.05) is 6.42 Å². The molecule has 0 spiro atoms. The number of rotatable bonds is 4. The third-order valence-electron chi connectivity index (χ3n) is 5.22. The Morgan fingerprint density at radius 3 is 2.48 bits per heavy atom. The Hall–Kier alpha value is -1.98. The molecule has 1 amide bonds. The SMILES string of the molecule is O=C(Nc1nc2c(s1)CN(S(=O)(=O)c1ccc(C(F)(F)F)cc1)CC2)C1CCC1. The quantitative estimate of drug-likeness (QED) is 0.779. The number of carbonyl (C=O) groups is 1. The van der Waals surface area contributed by atoms with Gasteiger partial charge in [-0.25, -0.2) is 13.4 Å². The van der Waals surface area contributed by atoms with Gasteiger partial charge in [-0.05, 0) is 37.1 Å². The van der Waals surface area contributed by atoms with Crippen LogP contribution in [0.5, 0.6) is 0 Å². The van der Waals surface area contributed by atoms with Crippen LogP contribution in [0.3, 0.4) is 0 Å². The fourth-order valence-electron chi connectivity index (χ4n) is 3.27. The third-order valence-corrected chi connectivity index (χ3v) is 8.08. The van der Waals surface area contributed by atoms with Gasteiger partial charge >= 0.3 is 6.18 Å².